The smallest absolute Gasteiger partial charge is 0.208 e. The van der Waals surface area contributed by atoms with Crippen LogP contribution in [0.2, 0.25) is 0 Å². The van der Waals surface area contributed by atoms with Gasteiger partial charge in [-0.25, -0.2) is 13.1 Å². The molecule has 0 aromatic heterocycles. The molecule has 0 amide bonds. The fraction of sp³-hybridized carbons (Fsp3) is 0.500. The van der Waals surface area contributed by atoms with Gasteiger partial charge in [-0.05, 0) is 37.6 Å². The van der Waals surface area contributed by atoms with E-state index in [1.165, 1.54) is 6.26 Å². The highest BCUT2D eigenvalue weighted by atomic mass is 32.2. The number of nitrogens with zero attached hydrogens (tertiary/aromatic N) is 1. The largest absolute Gasteiger partial charge is 0.399 e. The molecule has 0 aliphatic heterocycles. The van der Waals surface area contributed by atoms with Gasteiger partial charge in [-0.1, -0.05) is 0 Å². The van der Waals surface area contributed by atoms with Crippen molar-refractivity contribution in [2.75, 3.05) is 36.5 Å². The number of benzene rings is 1. The number of nitrogens with one attached hydrogen (secondary N) is 1. The minimum Gasteiger partial charge on any atom is -0.399 e. The minimum absolute atomic E-state index is 0.463. The number of nitrogens with two attached hydrogens (primary N) is 1. The number of nitrogen functional groups attached to an aromatic ring is 1. The summed E-state index contributed by atoms with van der Waals surface area (Å²) in [4.78, 5) is 2.18. The van der Waals surface area contributed by atoms with Crippen molar-refractivity contribution >= 4 is 21.4 Å². The fourth-order valence-corrected chi connectivity index (χ4v) is 2.20. The van der Waals surface area contributed by atoms with Crippen LogP contribution in [0.5, 0.6) is 0 Å². The Morgan fingerprint density at radius 2 is 1.89 bits per heavy atom. The van der Waals surface area contributed by atoms with Crippen LogP contribution in [0.15, 0.2) is 24.3 Å². The van der Waals surface area contributed by atoms with E-state index in [2.05, 4.69) is 16.5 Å². The van der Waals surface area contributed by atoms with Crippen molar-refractivity contribution in [2.24, 2.45) is 0 Å². The first-order valence-electron chi connectivity index (χ1n) is 5.97. The molecule has 0 spiro atoms. The van der Waals surface area contributed by atoms with Gasteiger partial charge in [0.25, 0.3) is 0 Å². The summed E-state index contributed by atoms with van der Waals surface area (Å²) in [5.74, 6) is 0. The number of hydrogen-bond acceptors (Lipinski definition) is 4. The van der Waals surface area contributed by atoms with Crippen LogP contribution in [-0.4, -0.2) is 34.3 Å². The Hall–Kier alpha value is -1.27. The zero-order valence-electron chi connectivity index (χ0n) is 10.9. The van der Waals surface area contributed by atoms with Crippen LogP contribution < -0.4 is 15.4 Å². The third-order valence-corrected chi connectivity index (χ3v) is 3.34. The molecule has 1 rings (SSSR count). The lowest BCUT2D eigenvalue weighted by Crippen LogP contribution is -2.29. The number of sulfonamides is 1. The van der Waals surface area contributed by atoms with Gasteiger partial charge in [-0.2, -0.15) is 0 Å². The lowest BCUT2D eigenvalue weighted by atomic mass is 10.2. The predicted octanol–water partition coefficient (Wildman–Crippen LogP) is 1.03. The van der Waals surface area contributed by atoms with Gasteiger partial charge in [0.05, 0.1) is 6.26 Å². The van der Waals surface area contributed by atoms with E-state index in [1.807, 2.05) is 24.3 Å². The van der Waals surface area contributed by atoms with E-state index in [1.54, 1.807) is 0 Å². The molecule has 0 radical (unpaired) electrons. The predicted molar refractivity (Wildman–Crippen MR) is 76.2 cm³/mol. The molecule has 0 heterocycles. The van der Waals surface area contributed by atoms with Crippen LogP contribution in [0.25, 0.3) is 0 Å². The van der Waals surface area contributed by atoms with Crippen molar-refractivity contribution in [3.63, 3.8) is 0 Å². The molecule has 0 saturated carbocycles. The summed E-state index contributed by atoms with van der Waals surface area (Å²) in [7, 11) is -3.08. The molecule has 0 unspecified atom stereocenters. The van der Waals surface area contributed by atoms with Crippen molar-refractivity contribution in [2.45, 2.75) is 13.3 Å². The van der Waals surface area contributed by atoms with E-state index in [0.717, 1.165) is 30.9 Å². The molecule has 18 heavy (non-hydrogen) atoms. The van der Waals surface area contributed by atoms with Gasteiger partial charge in [-0.3, -0.25) is 0 Å². The summed E-state index contributed by atoms with van der Waals surface area (Å²) in [5.41, 5.74) is 7.49. The van der Waals surface area contributed by atoms with Gasteiger partial charge in [0.15, 0.2) is 0 Å². The van der Waals surface area contributed by atoms with Gasteiger partial charge in [0.2, 0.25) is 10.0 Å². The molecule has 0 atom stereocenters. The SMILES string of the molecule is CCN(CCCNS(C)(=O)=O)c1ccc(N)cc1. The summed E-state index contributed by atoms with van der Waals surface area (Å²) >= 11 is 0. The van der Waals surface area contributed by atoms with Crippen molar-refractivity contribution in [1.29, 1.82) is 0 Å². The zero-order chi connectivity index (χ0) is 13.6. The van der Waals surface area contributed by atoms with E-state index in [0.29, 0.717) is 6.54 Å². The number of rotatable bonds is 7. The maximum Gasteiger partial charge on any atom is 0.208 e. The topological polar surface area (TPSA) is 75.4 Å². The quantitative estimate of drug-likeness (QED) is 0.574. The average molecular weight is 271 g/mol. The van der Waals surface area contributed by atoms with Gasteiger partial charge in [0, 0.05) is 31.0 Å². The van der Waals surface area contributed by atoms with Crippen molar-refractivity contribution in [1.82, 2.24) is 4.72 Å². The third-order valence-electron chi connectivity index (χ3n) is 2.61. The van der Waals surface area contributed by atoms with Gasteiger partial charge in [0.1, 0.15) is 0 Å². The van der Waals surface area contributed by atoms with E-state index >= 15 is 0 Å². The second kappa shape index (κ2) is 6.61. The lowest BCUT2D eigenvalue weighted by molar-refractivity contribution is 0.584. The monoisotopic (exact) mass is 271 g/mol. The van der Waals surface area contributed by atoms with Crippen LogP contribution in [0.3, 0.4) is 0 Å². The van der Waals surface area contributed by atoms with Crippen LogP contribution in [0.1, 0.15) is 13.3 Å². The van der Waals surface area contributed by atoms with Crippen molar-refractivity contribution in [3.05, 3.63) is 24.3 Å². The minimum atomic E-state index is -3.08. The maximum absolute atomic E-state index is 10.9. The first-order chi connectivity index (χ1) is 8.42. The maximum atomic E-state index is 10.9. The van der Waals surface area contributed by atoms with Crippen LogP contribution in [0.4, 0.5) is 11.4 Å². The van der Waals surface area contributed by atoms with E-state index in [4.69, 9.17) is 5.73 Å². The van der Waals surface area contributed by atoms with Gasteiger partial charge < -0.3 is 10.6 Å². The molecule has 102 valence electrons. The lowest BCUT2D eigenvalue weighted by Gasteiger charge is -2.23. The Balaban J connectivity index is 2.45. The third kappa shape index (κ3) is 5.37. The summed E-state index contributed by atoms with van der Waals surface area (Å²) in [5, 5.41) is 0. The van der Waals surface area contributed by atoms with Gasteiger partial charge >= 0.3 is 0 Å². The molecule has 3 N–H and O–H groups in total. The summed E-state index contributed by atoms with van der Waals surface area (Å²) in [6.07, 6.45) is 1.94. The molecular weight excluding hydrogens is 250 g/mol. The molecule has 1 aromatic carbocycles. The highest BCUT2D eigenvalue weighted by Gasteiger charge is 2.05. The molecule has 0 aliphatic carbocycles. The molecule has 1 aromatic rings. The molecule has 6 heteroatoms. The van der Waals surface area contributed by atoms with Crippen molar-refractivity contribution < 1.29 is 8.42 Å². The van der Waals surface area contributed by atoms with Crippen LogP contribution in [0, 0.1) is 0 Å². The van der Waals surface area contributed by atoms with Crippen LogP contribution in [-0.2, 0) is 10.0 Å². The summed E-state index contributed by atoms with van der Waals surface area (Å²) in [6, 6.07) is 7.69. The Labute approximate surface area is 109 Å². The Morgan fingerprint density at radius 3 is 2.39 bits per heavy atom. The van der Waals surface area contributed by atoms with Crippen LogP contribution >= 0.6 is 0 Å². The first-order valence-corrected chi connectivity index (χ1v) is 7.86. The second-order valence-electron chi connectivity index (χ2n) is 4.19. The average Bonchev–Trinajstić information content (AvgIpc) is 2.29. The fourth-order valence-electron chi connectivity index (χ4n) is 1.68. The Kier molecular flexibility index (Phi) is 5.43. The number of anilines is 2. The van der Waals surface area contributed by atoms with E-state index in [9.17, 15) is 8.42 Å². The summed E-state index contributed by atoms with van der Waals surface area (Å²) < 4.78 is 24.3. The van der Waals surface area contributed by atoms with E-state index in [-0.39, 0.29) is 0 Å². The second-order valence-corrected chi connectivity index (χ2v) is 6.02. The first kappa shape index (κ1) is 14.8. The highest BCUT2D eigenvalue weighted by molar-refractivity contribution is 7.88. The standard InChI is InChI=1S/C12H21N3O2S/c1-3-15(10-4-9-14-18(2,16)17)12-7-5-11(13)6-8-12/h5-8,14H,3-4,9-10,13H2,1-2H3. The summed E-state index contributed by atoms with van der Waals surface area (Å²) in [6.45, 7) is 4.22. The van der Waals surface area contributed by atoms with Crippen molar-refractivity contribution in [3.8, 4) is 0 Å². The van der Waals surface area contributed by atoms with Gasteiger partial charge in [-0.15, -0.1) is 0 Å². The molecule has 0 fully saturated rings. The Morgan fingerprint density at radius 1 is 1.28 bits per heavy atom. The molecule has 0 saturated heterocycles. The zero-order valence-corrected chi connectivity index (χ0v) is 11.7. The molecule has 0 aliphatic rings. The molecule has 0 bridgehead atoms. The van der Waals surface area contributed by atoms with E-state index < -0.39 is 10.0 Å². The number of hydrogen-bond donors (Lipinski definition) is 2. The molecular formula is C12H21N3O2S. The normalized spacial score (nSPS) is 11.4. The highest BCUT2D eigenvalue weighted by Crippen LogP contribution is 2.16. The Bertz CT molecular complexity index is 457. The molecule has 5 nitrogen and oxygen atoms in total.